The molecule has 0 aliphatic carbocycles. The highest BCUT2D eigenvalue weighted by molar-refractivity contribution is 5.97. The smallest absolute Gasteiger partial charge is 0.251 e. The number of hydrogen-bond acceptors (Lipinski definition) is 4. The number of ether oxygens (including phenoxy) is 1. The van der Waals surface area contributed by atoms with Crippen molar-refractivity contribution in [3.05, 3.63) is 96.1 Å². The van der Waals surface area contributed by atoms with E-state index in [1.54, 1.807) is 12.4 Å². The molecule has 0 saturated carbocycles. The number of amides is 1. The lowest BCUT2D eigenvalue weighted by atomic mass is 9.99. The van der Waals surface area contributed by atoms with Crippen LogP contribution in [0.25, 0.3) is 17.1 Å². The van der Waals surface area contributed by atoms with Crippen molar-refractivity contribution in [2.24, 2.45) is 0 Å². The van der Waals surface area contributed by atoms with Crippen LogP contribution >= 0.6 is 0 Å². The molecular formula is C24H20N4O2. The Kier molecular flexibility index (Phi) is 4.73. The molecule has 1 aliphatic rings. The van der Waals surface area contributed by atoms with E-state index in [0.29, 0.717) is 13.2 Å². The summed E-state index contributed by atoms with van der Waals surface area (Å²) in [5.74, 6) is 1.51. The van der Waals surface area contributed by atoms with Crippen molar-refractivity contribution in [2.75, 3.05) is 6.54 Å². The van der Waals surface area contributed by atoms with Gasteiger partial charge in [-0.15, -0.1) is 0 Å². The summed E-state index contributed by atoms with van der Waals surface area (Å²) < 4.78 is 7.90. The van der Waals surface area contributed by atoms with Crippen molar-refractivity contribution in [2.45, 2.75) is 13.0 Å². The summed E-state index contributed by atoms with van der Waals surface area (Å²) in [7, 11) is 0. The Morgan fingerprint density at radius 3 is 2.87 bits per heavy atom. The second kappa shape index (κ2) is 7.83. The lowest BCUT2D eigenvalue weighted by Gasteiger charge is -2.18. The Morgan fingerprint density at radius 2 is 1.97 bits per heavy atom. The number of hydrogen-bond donors (Lipinski definition) is 1. The molecule has 0 atom stereocenters. The van der Waals surface area contributed by atoms with E-state index in [1.165, 1.54) is 0 Å². The third kappa shape index (κ3) is 3.55. The van der Waals surface area contributed by atoms with Crippen molar-refractivity contribution in [1.29, 1.82) is 0 Å². The van der Waals surface area contributed by atoms with Gasteiger partial charge in [0.1, 0.15) is 18.2 Å². The molecule has 148 valence electrons. The van der Waals surface area contributed by atoms with Crippen molar-refractivity contribution in [3.63, 3.8) is 0 Å². The van der Waals surface area contributed by atoms with E-state index < -0.39 is 0 Å². The lowest BCUT2D eigenvalue weighted by molar-refractivity contribution is 0.0946. The minimum Gasteiger partial charge on any atom is -0.487 e. The topological polar surface area (TPSA) is 69.0 Å². The van der Waals surface area contributed by atoms with Crippen LogP contribution in [0, 0.1) is 0 Å². The first-order valence-electron chi connectivity index (χ1n) is 9.86. The summed E-state index contributed by atoms with van der Waals surface area (Å²) in [6, 6.07) is 19.6. The molecule has 1 amide bonds. The Bertz CT molecular complexity index is 1200. The standard InChI is InChI=1S/C24H20N4O2/c29-24-22-15-20(8-7-17(22)9-11-27-24)28-13-12-26-23(28)18-4-3-6-21(14-18)30-16-19-5-1-2-10-25-19/h1-8,10,12-15H,9,11,16H2,(H,27,29). The van der Waals surface area contributed by atoms with Crippen molar-refractivity contribution < 1.29 is 9.53 Å². The number of fused-ring (bicyclic) bond motifs is 1. The number of pyridine rings is 1. The van der Waals surface area contributed by atoms with E-state index in [-0.39, 0.29) is 5.91 Å². The maximum atomic E-state index is 12.2. The summed E-state index contributed by atoms with van der Waals surface area (Å²) in [6.45, 7) is 1.09. The largest absolute Gasteiger partial charge is 0.487 e. The lowest BCUT2D eigenvalue weighted by Crippen LogP contribution is -2.31. The highest BCUT2D eigenvalue weighted by Crippen LogP contribution is 2.27. The van der Waals surface area contributed by atoms with Crippen LogP contribution in [-0.4, -0.2) is 27.0 Å². The predicted molar refractivity (Wildman–Crippen MR) is 114 cm³/mol. The first-order valence-corrected chi connectivity index (χ1v) is 9.86. The second-order valence-electron chi connectivity index (χ2n) is 7.11. The van der Waals surface area contributed by atoms with Crippen molar-refractivity contribution in [3.8, 4) is 22.8 Å². The first kappa shape index (κ1) is 18.1. The number of carbonyl (C=O) groups is 1. The normalized spacial score (nSPS) is 12.9. The highest BCUT2D eigenvalue weighted by atomic mass is 16.5. The zero-order valence-corrected chi connectivity index (χ0v) is 16.3. The molecule has 1 aliphatic heterocycles. The number of imidazole rings is 1. The molecular weight excluding hydrogens is 376 g/mol. The Labute approximate surface area is 174 Å². The fourth-order valence-electron chi connectivity index (χ4n) is 3.64. The molecule has 0 saturated heterocycles. The molecule has 3 heterocycles. The monoisotopic (exact) mass is 396 g/mol. The van der Waals surface area contributed by atoms with Gasteiger partial charge in [0.25, 0.3) is 5.91 Å². The number of nitrogens with one attached hydrogen (secondary N) is 1. The van der Waals surface area contributed by atoms with Gasteiger partial charge < -0.3 is 10.1 Å². The SMILES string of the molecule is O=C1NCCc2ccc(-n3ccnc3-c3cccc(OCc4ccccn4)c3)cc21. The summed E-state index contributed by atoms with van der Waals surface area (Å²) >= 11 is 0. The molecule has 1 N–H and O–H groups in total. The minimum absolute atomic E-state index is 0.0234. The van der Waals surface area contributed by atoms with Gasteiger partial charge in [-0.3, -0.25) is 14.3 Å². The Hall–Kier alpha value is -3.93. The van der Waals surface area contributed by atoms with Gasteiger partial charge in [0, 0.05) is 41.9 Å². The summed E-state index contributed by atoms with van der Waals surface area (Å²) in [5, 5.41) is 2.91. The van der Waals surface area contributed by atoms with Crippen LogP contribution in [0.3, 0.4) is 0 Å². The first-order chi connectivity index (χ1) is 14.8. The molecule has 6 nitrogen and oxygen atoms in total. The van der Waals surface area contributed by atoms with Crippen LogP contribution in [-0.2, 0) is 13.0 Å². The average Bonchev–Trinajstić information content (AvgIpc) is 3.29. The molecule has 0 unspecified atom stereocenters. The molecule has 2 aromatic carbocycles. The second-order valence-corrected chi connectivity index (χ2v) is 7.11. The predicted octanol–water partition coefficient (Wildman–Crippen LogP) is 3.80. The maximum absolute atomic E-state index is 12.2. The molecule has 0 bridgehead atoms. The fraction of sp³-hybridized carbons (Fsp3) is 0.125. The molecule has 4 aromatic rings. The van der Waals surface area contributed by atoms with E-state index in [2.05, 4.69) is 15.3 Å². The van der Waals surface area contributed by atoms with Gasteiger partial charge in [-0.05, 0) is 48.4 Å². The quantitative estimate of drug-likeness (QED) is 0.557. The van der Waals surface area contributed by atoms with Gasteiger partial charge in [-0.25, -0.2) is 4.98 Å². The number of rotatable bonds is 5. The number of aromatic nitrogens is 3. The van der Waals surface area contributed by atoms with Gasteiger partial charge >= 0.3 is 0 Å². The van der Waals surface area contributed by atoms with Crippen LogP contribution in [0.4, 0.5) is 0 Å². The Balaban J connectivity index is 1.44. The summed E-state index contributed by atoms with van der Waals surface area (Å²) in [6.07, 6.45) is 6.27. The number of nitrogens with zero attached hydrogens (tertiary/aromatic N) is 3. The summed E-state index contributed by atoms with van der Waals surface area (Å²) in [4.78, 5) is 21.1. The third-order valence-corrected chi connectivity index (χ3v) is 5.14. The van der Waals surface area contributed by atoms with Crippen LogP contribution in [0.5, 0.6) is 5.75 Å². The van der Waals surface area contributed by atoms with E-state index in [9.17, 15) is 4.79 Å². The highest BCUT2D eigenvalue weighted by Gasteiger charge is 2.18. The molecule has 0 radical (unpaired) electrons. The average molecular weight is 396 g/mol. The van der Waals surface area contributed by atoms with Gasteiger partial charge in [-0.1, -0.05) is 24.3 Å². The van der Waals surface area contributed by atoms with Gasteiger partial charge in [0.05, 0.1) is 5.69 Å². The van der Waals surface area contributed by atoms with E-state index >= 15 is 0 Å². The Morgan fingerprint density at radius 1 is 1.00 bits per heavy atom. The zero-order valence-electron chi connectivity index (χ0n) is 16.3. The van der Waals surface area contributed by atoms with Crippen LogP contribution in [0.2, 0.25) is 0 Å². The molecule has 0 fully saturated rings. The van der Waals surface area contributed by atoms with Gasteiger partial charge in [-0.2, -0.15) is 0 Å². The summed E-state index contributed by atoms with van der Waals surface area (Å²) in [5.41, 5.74) is 4.51. The van der Waals surface area contributed by atoms with E-state index in [4.69, 9.17) is 4.74 Å². The van der Waals surface area contributed by atoms with Crippen LogP contribution < -0.4 is 10.1 Å². The third-order valence-electron chi connectivity index (χ3n) is 5.14. The zero-order chi connectivity index (χ0) is 20.3. The van der Waals surface area contributed by atoms with Crippen molar-refractivity contribution >= 4 is 5.91 Å². The molecule has 0 spiro atoms. The molecule has 30 heavy (non-hydrogen) atoms. The van der Waals surface area contributed by atoms with Gasteiger partial charge in [0.15, 0.2) is 0 Å². The molecule has 2 aromatic heterocycles. The van der Waals surface area contributed by atoms with E-state index in [0.717, 1.165) is 46.1 Å². The van der Waals surface area contributed by atoms with E-state index in [1.807, 2.05) is 71.4 Å². The van der Waals surface area contributed by atoms with Crippen LogP contribution in [0.1, 0.15) is 21.6 Å². The number of carbonyl (C=O) groups excluding carboxylic acids is 1. The maximum Gasteiger partial charge on any atom is 0.251 e. The molecule has 6 heteroatoms. The van der Waals surface area contributed by atoms with Crippen LogP contribution in [0.15, 0.2) is 79.3 Å². The van der Waals surface area contributed by atoms with Gasteiger partial charge in [0.2, 0.25) is 0 Å². The minimum atomic E-state index is -0.0234. The number of benzene rings is 2. The fourth-order valence-corrected chi connectivity index (χ4v) is 3.64. The molecule has 5 rings (SSSR count). The van der Waals surface area contributed by atoms with Crippen molar-refractivity contribution in [1.82, 2.24) is 19.9 Å².